The third-order valence-corrected chi connectivity index (χ3v) is 4.12. The monoisotopic (exact) mass is 320 g/mol. The van der Waals surface area contributed by atoms with Gasteiger partial charge in [0.1, 0.15) is 15.6 Å². The van der Waals surface area contributed by atoms with E-state index in [-0.39, 0.29) is 17.2 Å². The van der Waals surface area contributed by atoms with Gasteiger partial charge in [0.2, 0.25) is 5.91 Å². The third kappa shape index (κ3) is 3.62. The van der Waals surface area contributed by atoms with E-state index in [1.165, 1.54) is 7.11 Å². The van der Waals surface area contributed by atoms with Gasteiger partial charge in [-0.1, -0.05) is 6.07 Å². The average molecular weight is 320 g/mol. The number of nitrogens with zero attached hydrogens (tertiary/aromatic N) is 1. The number of carboxylic acids is 1. The van der Waals surface area contributed by atoms with E-state index in [2.05, 4.69) is 10.3 Å². The number of hydrogen-bond acceptors (Lipinski definition) is 5. The van der Waals surface area contributed by atoms with Gasteiger partial charge in [0, 0.05) is 0 Å². The fraction of sp³-hybridized carbons (Fsp3) is 0.267. The molecule has 22 heavy (non-hydrogen) atoms. The molecule has 0 aliphatic rings. The second kappa shape index (κ2) is 6.57. The van der Waals surface area contributed by atoms with Crippen LogP contribution in [0, 0.1) is 13.8 Å². The number of benzene rings is 1. The first-order chi connectivity index (χ1) is 10.4. The van der Waals surface area contributed by atoms with E-state index in [4.69, 9.17) is 9.84 Å². The summed E-state index contributed by atoms with van der Waals surface area (Å²) in [6.45, 7) is 3.53. The molecule has 0 bridgehead atoms. The number of hydrogen-bond donors (Lipinski definition) is 2. The van der Waals surface area contributed by atoms with Gasteiger partial charge in [0.15, 0.2) is 0 Å². The highest BCUT2D eigenvalue weighted by Gasteiger charge is 2.16. The van der Waals surface area contributed by atoms with Gasteiger partial charge in [-0.05, 0) is 31.5 Å². The summed E-state index contributed by atoms with van der Waals surface area (Å²) >= 11 is 1.02. The highest BCUT2D eigenvalue weighted by atomic mass is 32.1. The quantitative estimate of drug-likeness (QED) is 0.884. The molecule has 0 aliphatic heterocycles. The lowest BCUT2D eigenvalue weighted by molar-refractivity contribution is -0.115. The number of aryl methyl sites for hydroxylation is 2. The lowest BCUT2D eigenvalue weighted by Crippen LogP contribution is -2.15. The van der Waals surface area contributed by atoms with Crippen LogP contribution in [0.15, 0.2) is 18.2 Å². The first-order valence-corrected chi connectivity index (χ1v) is 7.36. The Hall–Kier alpha value is -2.41. The molecular formula is C15H16N2O4S. The Labute approximate surface area is 131 Å². The maximum absolute atomic E-state index is 12.1. The second-order valence-corrected chi connectivity index (χ2v) is 5.84. The molecule has 1 aromatic heterocycles. The van der Waals surface area contributed by atoms with E-state index in [0.717, 1.165) is 16.9 Å². The van der Waals surface area contributed by atoms with Gasteiger partial charge >= 0.3 is 5.97 Å². The number of thiazole rings is 1. The Balaban J connectivity index is 2.12. The Morgan fingerprint density at radius 1 is 1.36 bits per heavy atom. The molecule has 0 fully saturated rings. The van der Waals surface area contributed by atoms with E-state index >= 15 is 0 Å². The fourth-order valence-electron chi connectivity index (χ4n) is 1.98. The van der Waals surface area contributed by atoms with Crippen LogP contribution >= 0.6 is 11.3 Å². The largest absolute Gasteiger partial charge is 0.495 e. The lowest BCUT2D eigenvalue weighted by Gasteiger charge is -2.10. The zero-order chi connectivity index (χ0) is 16.3. The van der Waals surface area contributed by atoms with Gasteiger partial charge in [-0.3, -0.25) is 4.79 Å². The van der Waals surface area contributed by atoms with Crippen LogP contribution in [0.5, 0.6) is 5.75 Å². The minimum Gasteiger partial charge on any atom is -0.495 e. The number of carbonyl (C=O) groups excluding carboxylic acids is 1. The van der Waals surface area contributed by atoms with Crippen molar-refractivity contribution in [1.82, 2.24) is 4.98 Å². The predicted octanol–water partition coefficient (Wildman–Crippen LogP) is 2.65. The van der Waals surface area contributed by atoms with Gasteiger partial charge in [-0.25, -0.2) is 9.78 Å². The number of amides is 1. The first kappa shape index (κ1) is 16.0. The molecule has 2 N–H and O–H groups in total. The number of carboxylic acid groups (broad SMARTS) is 1. The number of aromatic nitrogens is 1. The maximum atomic E-state index is 12.1. The summed E-state index contributed by atoms with van der Waals surface area (Å²) in [4.78, 5) is 27.4. The number of rotatable bonds is 5. The minimum absolute atomic E-state index is 0.0237. The SMILES string of the molecule is COc1ccc(C)cc1NC(=O)Cc1nc(C)c(C(=O)O)s1. The number of carbonyl (C=O) groups is 2. The van der Waals surface area contributed by atoms with Crippen LogP contribution in [0.1, 0.15) is 25.9 Å². The van der Waals surface area contributed by atoms with Crippen molar-refractivity contribution in [3.63, 3.8) is 0 Å². The molecule has 0 atom stereocenters. The zero-order valence-corrected chi connectivity index (χ0v) is 13.3. The molecule has 1 amide bonds. The number of aromatic carboxylic acids is 1. The van der Waals surface area contributed by atoms with Crippen molar-refractivity contribution in [2.45, 2.75) is 20.3 Å². The smallest absolute Gasteiger partial charge is 0.347 e. The molecular weight excluding hydrogens is 304 g/mol. The normalized spacial score (nSPS) is 10.3. The van der Waals surface area contributed by atoms with Crippen molar-refractivity contribution in [2.24, 2.45) is 0 Å². The van der Waals surface area contributed by atoms with Crippen LogP contribution in [0.2, 0.25) is 0 Å². The Bertz CT molecular complexity index is 724. The summed E-state index contributed by atoms with van der Waals surface area (Å²) in [6, 6.07) is 5.48. The predicted molar refractivity (Wildman–Crippen MR) is 83.9 cm³/mol. The fourth-order valence-corrected chi connectivity index (χ4v) is 2.88. The summed E-state index contributed by atoms with van der Waals surface area (Å²) in [7, 11) is 1.53. The van der Waals surface area contributed by atoms with Gasteiger partial charge in [-0.2, -0.15) is 0 Å². The Morgan fingerprint density at radius 2 is 2.09 bits per heavy atom. The zero-order valence-electron chi connectivity index (χ0n) is 12.5. The van der Waals surface area contributed by atoms with Crippen LogP contribution < -0.4 is 10.1 Å². The lowest BCUT2D eigenvalue weighted by atomic mass is 10.2. The molecule has 1 aromatic carbocycles. The van der Waals surface area contributed by atoms with Crippen molar-refractivity contribution < 1.29 is 19.4 Å². The Morgan fingerprint density at radius 3 is 2.68 bits per heavy atom. The average Bonchev–Trinajstić information content (AvgIpc) is 2.79. The van der Waals surface area contributed by atoms with E-state index < -0.39 is 5.97 Å². The van der Waals surface area contributed by atoms with Crippen molar-refractivity contribution in [1.29, 1.82) is 0 Å². The molecule has 0 saturated heterocycles. The van der Waals surface area contributed by atoms with Crippen LogP contribution in [0.4, 0.5) is 5.69 Å². The number of nitrogens with one attached hydrogen (secondary N) is 1. The molecule has 0 aliphatic carbocycles. The van der Waals surface area contributed by atoms with E-state index in [1.807, 2.05) is 19.1 Å². The highest BCUT2D eigenvalue weighted by Crippen LogP contribution is 2.26. The van der Waals surface area contributed by atoms with Crippen LogP contribution in [0.3, 0.4) is 0 Å². The minimum atomic E-state index is -1.03. The van der Waals surface area contributed by atoms with Crippen molar-refractivity contribution >= 4 is 28.9 Å². The third-order valence-electron chi connectivity index (χ3n) is 2.98. The molecule has 0 unspecified atom stereocenters. The van der Waals surface area contributed by atoms with Gasteiger partial charge in [0.05, 0.1) is 24.9 Å². The van der Waals surface area contributed by atoms with E-state index in [9.17, 15) is 9.59 Å². The molecule has 2 rings (SSSR count). The van der Waals surface area contributed by atoms with Crippen molar-refractivity contribution in [2.75, 3.05) is 12.4 Å². The summed E-state index contributed by atoms with van der Waals surface area (Å²) in [5, 5.41) is 12.2. The Kier molecular flexibility index (Phi) is 4.77. The summed E-state index contributed by atoms with van der Waals surface area (Å²) in [6.07, 6.45) is 0.0237. The molecule has 0 saturated carbocycles. The summed E-state index contributed by atoms with van der Waals surface area (Å²) in [5.41, 5.74) is 2.00. The van der Waals surface area contributed by atoms with Gasteiger partial charge in [0.25, 0.3) is 0 Å². The number of anilines is 1. The van der Waals surface area contributed by atoms with Gasteiger partial charge in [-0.15, -0.1) is 11.3 Å². The van der Waals surface area contributed by atoms with Crippen LogP contribution in [-0.2, 0) is 11.2 Å². The summed E-state index contributed by atoms with van der Waals surface area (Å²) < 4.78 is 5.20. The van der Waals surface area contributed by atoms with E-state index in [1.54, 1.807) is 13.0 Å². The standard InChI is InChI=1S/C15H16N2O4S/c1-8-4-5-11(21-3)10(6-8)17-12(18)7-13-16-9(2)14(22-13)15(19)20/h4-6H,7H2,1-3H3,(H,17,18)(H,19,20). The molecule has 116 valence electrons. The molecule has 7 heteroatoms. The van der Waals surface area contributed by atoms with E-state index in [0.29, 0.717) is 22.1 Å². The van der Waals surface area contributed by atoms with Crippen LogP contribution in [0.25, 0.3) is 0 Å². The number of methoxy groups -OCH3 is 1. The highest BCUT2D eigenvalue weighted by molar-refractivity contribution is 7.13. The maximum Gasteiger partial charge on any atom is 0.347 e. The van der Waals surface area contributed by atoms with Crippen molar-refractivity contribution in [3.05, 3.63) is 39.3 Å². The second-order valence-electron chi connectivity index (χ2n) is 4.76. The number of ether oxygens (including phenoxy) is 1. The molecule has 0 spiro atoms. The molecule has 1 heterocycles. The van der Waals surface area contributed by atoms with Crippen LogP contribution in [-0.4, -0.2) is 29.1 Å². The topological polar surface area (TPSA) is 88.5 Å². The molecule has 6 nitrogen and oxygen atoms in total. The first-order valence-electron chi connectivity index (χ1n) is 6.54. The molecule has 2 aromatic rings. The van der Waals surface area contributed by atoms with Gasteiger partial charge < -0.3 is 15.2 Å². The molecule has 0 radical (unpaired) electrons. The van der Waals surface area contributed by atoms with Crippen molar-refractivity contribution in [3.8, 4) is 5.75 Å². The summed E-state index contributed by atoms with van der Waals surface area (Å²) in [5.74, 6) is -0.725.